The lowest BCUT2D eigenvalue weighted by Gasteiger charge is -2.37. The summed E-state index contributed by atoms with van der Waals surface area (Å²) in [6.45, 7) is 5.23. The highest BCUT2D eigenvalue weighted by atomic mass is 32.1. The molecule has 1 heterocycles. The van der Waals surface area contributed by atoms with Crippen LogP contribution < -0.4 is 5.73 Å². The molecule has 1 aromatic rings. The zero-order chi connectivity index (χ0) is 14.7. The molecule has 0 saturated carbocycles. The number of rotatable bonds is 3. The average molecular weight is 290 g/mol. The topological polar surface area (TPSA) is 46.3 Å². The van der Waals surface area contributed by atoms with Gasteiger partial charge in [-0.2, -0.15) is 0 Å². The van der Waals surface area contributed by atoms with Crippen molar-refractivity contribution in [1.82, 2.24) is 4.90 Å². The second kappa shape index (κ2) is 6.35. The Morgan fingerprint density at radius 3 is 2.55 bits per heavy atom. The fourth-order valence-electron chi connectivity index (χ4n) is 2.70. The monoisotopic (exact) mass is 290 g/mol. The first-order valence-corrected chi connectivity index (χ1v) is 7.56. The Morgan fingerprint density at radius 2 is 1.95 bits per heavy atom. The molecule has 0 aliphatic carbocycles. The zero-order valence-electron chi connectivity index (χ0n) is 12.1. The summed E-state index contributed by atoms with van der Waals surface area (Å²) in [5.74, 6) is 0.819. The van der Waals surface area contributed by atoms with Crippen LogP contribution in [0.5, 0.6) is 0 Å². The average Bonchev–Trinajstić information content (AvgIpc) is 2.42. The predicted molar refractivity (Wildman–Crippen MR) is 85.6 cm³/mol. The van der Waals surface area contributed by atoms with Crippen molar-refractivity contribution in [3.8, 4) is 0 Å². The van der Waals surface area contributed by atoms with E-state index in [-0.39, 0.29) is 5.91 Å². The number of nitrogens with zero attached hydrogens (tertiary/aromatic N) is 1. The van der Waals surface area contributed by atoms with Crippen LogP contribution in [-0.4, -0.2) is 28.4 Å². The van der Waals surface area contributed by atoms with Crippen molar-refractivity contribution in [3.63, 3.8) is 0 Å². The summed E-state index contributed by atoms with van der Waals surface area (Å²) >= 11 is 4.93. The molecule has 1 amide bonds. The highest BCUT2D eigenvalue weighted by Gasteiger charge is 2.26. The van der Waals surface area contributed by atoms with Gasteiger partial charge in [-0.3, -0.25) is 4.79 Å². The molecule has 2 unspecified atom stereocenters. The van der Waals surface area contributed by atoms with Crippen LogP contribution >= 0.6 is 12.2 Å². The van der Waals surface area contributed by atoms with Crippen LogP contribution in [0.2, 0.25) is 0 Å². The molecule has 0 bridgehead atoms. The highest BCUT2D eigenvalue weighted by Crippen LogP contribution is 2.22. The van der Waals surface area contributed by atoms with Crippen LogP contribution in [0, 0.1) is 5.92 Å². The molecule has 108 valence electrons. The molecule has 2 rings (SSSR count). The molecule has 0 aromatic heterocycles. The maximum absolute atomic E-state index is 12.4. The molecule has 0 radical (unpaired) electrons. The van der Waals surface area contributed by atoms with Crippen molar-refractivity contribution in [3.05, 3.63) is 35.4 Å². The standard InChI is InChI=1S/C16H22N2OS/c1-11-3-4-12(2)18(10-11)15(19)9-13-5-7-14(8-6-13)16(17)20/h5-8,11-12H,3-4,9-10H2,1-2H3,(H2,17,20). The van der Waals surface area contributed by atoms with Crippen LogP contribution in [0.15, 0.2) is 24.3 Å². The first-order valence-electron chi connectivity index (χ1n) is 7.15. The van der Waals surface area contributed by atoms with Crippen LogP contribution in [0.1, 0.15) is 37.8 Å². The van der Waals surface area contributed by atoms with Gasteiger partial charge in [-0.05, 0) is 31.2 Å². The normalized spacial score (nSPS) is 22.6. The lowest BCUT2D eigenvalue weighted by Crippen LogP contribution is -2.45. The van der Waals surface area contributed by atoms with Gasteiger partial charge in [0.15, 0.2) is 0 Å². The van der Waals surface area contributed by atoms with Crippen molar-refractivity contribution in [1.29, 1.82) is 0 Å². The van der Waals surface area contributed by atoms with E-state index in [1.807, 2.05) is 29.2 Å². The number of hydrogen-bond acceptors (Lipinski definition) is 2. The molecule has 0 spiro atoms. The van der Waals surface area contributed by atoms with Crippen molar-refractivity contribution >= 4 is 23.1 Å². The zero-order valence-corrected chi connectivity index (χ0v) is 13.0. The summed E-state index contributed by atoms with van der Waals surface area (Å²) in [6, 6.07) is 7.99. The number of amides is 1. The summed E-state index contributed by atoms with van der Waals surface area (Å²) in [4.78, 5) is 14.8. The summed E-state index contributed by atoms with van der Waals surface area (Å²) in [6.07, 6.45) is 2.77. The molecule has 20 heavy (non-hydrogen) atoms. The molecule has 1 aliphatic rings. The van der Waals surface area contributed by atoms with Gasteiger partial charge in [0.2, 0.25) is 5.91 Å². The molecular weight excluding hydrogens is 268 g/mol. The second-order valence-corrected chi connectivity index (χ2v) is 6.26. The van der Waals surface area contributed by atoms with Crippen molar-refractivity contribution in [2.75, 3.05) is 6.54 Å². The van der Waals surface area contributed by atoms with Gasteiger partial charge in [0, 0.05) is 18.2 Å². The van der Waals surface area contributed by atoms with Crippen LogP contribution in [0.4, 0.5) is 0 Å². The van der Waals surface area contributed by atoms with Gasteiger partial charge in [-0.1, -0.05) is 43.4 Å². The van der Waals surface area contributed by atoms with Gasteiger partial charge in [0.25, 0.3) is 0 Å². The van der Waals surface area contributed by atoms with E-state index in [0.29, 0.717) is 23.4 Å². The van der Waals surface area contributed by atoms with E-state index in [1.165, 1.54) is 6.42 Å². The SMILES string of the molecule is CC1CCC(C)N(C(=O)Cc2ccc(C(N)=S)cc2)C1. The summed E-state index contributed by atoms with van der Waals surface area (Å²) in [5.41, 5.74) is 7.43. The van der Waals surface area contributed by atoms with Gasteiger partial charge in [0.05, 0.1) is 6.42 Å². The summed E-state index contributed by atoms with van der Waals surface area (Å²) < 4.78 is 0. The van der Waals surface area contributed by atoms with Crippen molar-refractivity contribution in [2.24, 2.45) is 11.7 Å². The third-order valence-corrected chi connectivity index (χ3v) is 4.27. The van der Waals surface area contributed by atoms with Crippen LogP contribution in [0.25, 0.3) is 0 Å². The van der Waals surface area contributed by atoms with Gasteiger partial charge >= 0.3 is 0 Å². The minimum Gasteiger partial charge on any atom is -0.389 e. The number of carbonyl (C=O) groups is 1. The third-order valence-electron chi connectivity index (χ3n) is 4.03. The summed E-state index contributed by atoms with van der Waals surface area (Å²) in [7, 11) is 0. The maximum atomic E-state index is 12.4. The largest absolute Gasteiger partial charge is 0.389 e. The van der Waals surface area contributed by atoms with E-state index < -0.39 is 0 Å². The van der Waals surface area contributed by atoms with Gasteiger partial charge in [0.1, 0.15) is 4.99 Å². The van der Waals surface area contributed by atoms with Gasteiger partial charge < -0.3 is 10.6 Å². The number of piperidine rings is 1. The Kier molecular flexibility index (Phi) is 4.76. The lowest BCUT2D eigenvalue weighted by molar-refractivity contribution is -0.134. The Bertz CT molecular complexity index is 498. The molecule has 1 saturated heterocycles. The molecule has 4 heteroatoms. The van der Waals surface area contributed by atoms with Gasteiger partial charge in [-0.15, -0.1) is 0 Å². The minimum absolute atomic E-state index is 0.215. The number of carbonyl (C=O) groups excluding carboxylic acids is 1. The lowest BCUT2D eigenvalue weighted by atomic mass is 9.94. The predicted octanol–water partition coefficient (Wildman–Crippen LogP) is 2.51. The Balaban J connectivity index is 2.01. The number of nitrogens with two attached hydrogens (primary N) is 1. The fourth-order valence-corrected chi connectivity index (χ4v) is 2.84. The molecular formula is C16H22N2OS. The number of hydrogen-bond donors (Lipinski definition) is 1. The fraction of sp³-hybridized carbons (Fsp3) is 0.500. The minimum atomic E-state index is 0.215. The number of thiocarbonyl (C=S) groups is 1. The van der Waals surface area contributed by atoms with Crippen molar-refractivity contribution in [2.45, 2.75) is 39.2 Å². The summed E-state index contributed by atoms with van der Waals surface area (Å²) in [5, 5.41) is 0. The maximum Gasteiger partial charge on any atom is 0.227 e. The molecule has 1 aliphatic heterocycles. The molecule has 1 aromatic carbocycles. The van der Waals surface area contributed by atoms with E-state index in [0.717, 1.165) is 24.1 Å². The Hall–Kier alpha value is -1.42. The Morgan fingerprint density at radius 1 is 1.30 bits per heavy atom. The van der Waals surface area contributed by atoms with Crippen molar-refractivity contribution < 1.29 is 4.79 Å². The Labute approximate surface area is 126 Å². The van der Waals surface area contributed by atoms with E-state index >= 15 is 0 Å². The molecule has 3 nitrogen and oxygen atoms in total. The first-order chi connectivity index (χ1) is 9.47. The van der Waals surface area contributed by atoms with Crippen LogP contribution in [0.3, 0.4) is 0 Å². The molecule has 2 N–H and O–H groups in total. The van der Waals surface area contributed by atoms with E-state index in [4.69, 9.17) is 18.0 Å². The second-order valence-electron chi connectivity index (χ2n) is 5.82. The molecule has 2 atom stereocenters. The van der Waals surface area contributed by atoms with Gasteiger partial charge in [-0.25, -0.2) is 0 Å². The van der Waals surface area contributed by atoms with E-state index in [1.54, 1.807) is 0 Å². The molecule has 1 fully saturated rings. The van der Waals surface area contributed by atoms with E-state index in [9.17, 15) is 4.79 Å². The smallest absolute Gasteiger partial charge is 0.227 e. The number of benzene rings is 1. The van der Waals surface area contributed by atoms with Crippen LogP contribution in [-0.2, 0) is 11.2 Å². The van der Waals surface area contributed by atoms with E-state index in [2.05, 4.69) is 13.8 Å². The first kappa shape index (κ1) is 15.0. The number of likely N-dealkylation sites (tertiary alicyclic amines) is 1. The quantitative estimate of drug-likeness (QED) is 0.870. The highest BCUT2D eigenvalue weighted by molar-refractivity contribution is 7.80. The third kappa shape index (κ3) is 3.57.